The molecule has 1 unspecified atom stereocenters. The molecule has 0 aliphatic rings. The summed E-state index contributed by atoms with van der Waals surface area (Å²) in [5.41, 5.74) is 1.08. The second kappa shape index (κ2) is 6.81. The zero-order chi connectivity index (χ0) is 14.7. The van der Waals surface area contributed by atoms with E-state index in [-0.39, 0.29) is 0 Å². The molecule has 2 heterocycles. The third-order valence-electron chi connectivity index (χ3n) is 2.82. The molecule has 7 heteroatoms. The van der Waals surface area contributed by atoms with Gasteiger partial charge in [0.2, 0.25) is 5.89 Å². The summed E-state index contributed by atoms with van der Waals surface area (Å²) in [6.07, 6.45) is 2.93. The summed E-state index contributed by atoms with van der Waals surface area (Å²) in [6.45, 7) is 2.16. The topological polar surface area (TPSA) is 51.8 Å². The lowest BCUT2D eigenvalue weighted by Gasteiger charge is -2.04. The Morgan fingerprint density at radius 2 is 2.14 bits per heavy atom. The van der Waals surface area contributed by atoms with Crippen molar-refractivity contribution in [3.8, 4) is 0 Å². The van der Waals surface area contributed by atoms with Crippen molar-refractivity contribution in [1.82, 2.24) is 15.2 Å². The molecule has 0 N–H and O–H groups in total. The summed E-state index contributed by atoms with van der Waals surface area (Å²) in [6, 6.07) is 8.24. The largest absolute Gasteiger partial charge is 0.415 e. The summed E-state index contributed by atoms with van der Waals surface area (Å²) >= 11 is 5.05. The Balaban J connectivity index is 1.63. The number of benzene rings is 1. The van der Waals surface area contributed by atoms with Gasteiger partial charge in [0.1, 0.15) is 0 Å². The van der Waals surface area contributed by atoms with Crippen LogP contribution in [0, 0.1) is 0 Å². The fourth-order valence-electron chi connectivity index (χ4n) is 1.93. The highest BCUT2D eigenvalue weighted by atomic mass is 32.2. The van der Waals surface area contributed by atoms with Gasteiger partial charge in [-0.05, 0) is 18.4 Å². The van der Waals surface area contributed by atoms with Crippen LogP contribution in [0.5, 0.6) is 0 Å². The maximum Gasteiger partial charge on any atom is 0.276 e. The Labute approximate surface area is 135 Å². The Bertz CT molecular complexity index is 692. The smallest absolute Gasteiger partial charge is 0.276 e. The van der Waals surface area contributed by atoms with E-state index in [4.69, 9.17) is 4.42 Å². The van der Waals surface area contributed by atoms with Crippen molar-refractivity contribution in [3.05, 3.63) is 35.2 Å². The molecule has 0 amide bonds. The Hall–Kier alpha value is -1.05. The third kappa shape index (κ3) is 3.78. The summed E-state index contributed by atoms with van der Waals surface area (Å²) in [5, 5.41) is 10.3. The van der Waals surface area contributed by atoms with Crippen molar-refractivity contribution in [2.75, 3.05) is 6.26 Å². The van der Waals surface area contributed by atoms with Crippen LogP contribution in [0.2, 0.25) is 0 Å². The second-order valence-electron chi connectivity index (χ2n) is 4.60. The molecule has 0 fully saturated rings. The first-order valence-electron chi connectivity index (χ1n) is 6.57. The summed E-state index contributed by atoms with van der Waals surface area (Å²) in [5.74, 6) is 1.46. The Morgan fingerprint density at radius 3 is 2.95 bits per heavy atom. The third-order valence-corrected chi connectivity index (χ3v) is 5.35. The fraction of sp³-hybridized carbons (Fsp3) is 0.357. The van der Waals surface area contributed by atoms with E-state index < -0.39 is 0 Å². The first-order chi connectivity index (χ1) is 10.2. The molecular formula is C14H15N3OS3. The Morgan fingerprint density at radius 1 is 1.29 bits per heavy atom. The van der Waals surface area contributed by atoms with E-state index in [2.05, 4.69) is 34.2 Å². The van der Waals surface area contributed by atoms with Crippen molar-refractivity contribution < 1.29 is 4.42 Å². The first kappa shape index (κ1) is 14.9. The van der Waals surface area contributed by atoms with Gasteiger partial charge in [-0.1, -0.05) is 30.8 Å². The minimum Gasteiger partial charge on any atom is -0.415 e. The number of rotatable bonds is 6. The lowest BCUT2D eigenvalue weighted by atomic mass is 10.3. The van der Waals surface area contributed by atoms with E-state index in [1.54, 1.807) is 34.9 Å². The monoisotopic (exact) mass is 337 g/mol. The zero-order valence-electron chi connectivity index (χ0n) is 11.8. The molecule has 3 aromatic rings. The lowest BCUT2D eigenvalue weighted by molar-refractivity contribution is 0.426. The average Bonchev–Trinajstić information content (AvgIpc) is 3.05. The van der Waals surface area contributed by atoms with Gasteiger partial charge >= 0.3 is 0 Å². The highest BCUT2D eigenvalue weighted by molar-refractivity contribution is 7.99. The van der Waals surface area contributed by atoms with Crippen LogP contribution >= 0.6 is 34.9 Å². The predicted octanol–water partition coefficient (Wildman–Crippen LogP) is 4.27. The Kier molecular flexibility index (Phi) is 4.82. The molecule has 0 spiro atoms. The van der Waals surface area contributed by atoms with Gasteiger partial charge in [0.05, 0.1) is 21.0 Å². The number of fused-ring (bicyclic) bond motifs is 1. The summed E-state index contributed by atoms with van der Waals surface area (Å²) in [7, 11) is 0. The van der Waals surface area contributed by atoms with E-state index in [1.165, 1.54) is 4.70 Å². The predicted molar refractivity (Wildman–Crippen MR) is 90.2 cm³/mol. The molecule has 3 rings (SSSR count). The first-order valence-corrected chi connectivity index (χ1v) is 9.66. The lowest BCUT2D eigenvalue weighted by Crippen LogP contribution is -2.00. The van der Waals surface area contributed by atoms with Crippen LogP contribution in [0.1, 0.15) is 17.8 Å². The molecule has 0 saturated carbocycles. The number of para-hydroxylation sites is 1. The molecule has 1 atom stereocenters. The quantitative estimate of drug-likeness (QED) is 0.626. The molecule has 2 aromatic heterocycles. The van der Waals surface area contributed by atoms with Gasteiger partial charge in [-0.15, -0.1) is 21.5 Å². The summed E-state index contributed by atoms with van der Waals surface area (Å²) < 4.78 is 6.83. The minimum atomic E-state index is 0.355. The van der Waals surface area contributed by atoms with Gasteiger partial charge in [-0.2, -0.15) is 11.8 Å². The molecule has 0 aliphatic heterocycles. The number of hydrogen-bond acceptors (Lipinski definition) is 7. The van der Waals surface area contributed by atoms with E-state index >= 15 is 0 Å². The fourth-order valence-corrected chi connectivity index (χ4v) is 4.32. The molecule has 1 aromatic carbocycles. The van der Waals surface area contributed by atoms with Crippen LogP contribution in [-0.4, -0.2) is 26.7 Å². The minimum absolute atomic E-state index is 0.355. The van der Waals surface area contributed by atoms with Gasteiger partial charge in [0, 0.05) is 11.7 Å². The standard InChI is InChI=1S/C14H15N3OS3/c1-9(20-14-17-16-12(18-14)8-19-2)7-13-15-10-5-3-4-6-11(10)21-13/h3-6,9H,7-8H2,1-2H3. The van der Waals surface area contributed by atoms with Crippen LogP contribution in [0.25, 0.3) is 10.2 Å². The van der Waals surface area contributed by atoms with E-state index in [0.717, 1.165) is 22.7 Å². The maximum absolute atomic E-state index is 5.59. The van der Waals surface area contributed by atoms with Crippen molar-refractivity contribution >= 4 is 45.1 Å². The van der Waals surface area contributed by atoms with Crippen molar-refractivity contribution in [2.24, 2.45) is 0 Å². The number of hydrogen-bond donors (Lipinski definition) is 0. The van der Waals surface area contributed by atoms with Crippen LogP contribution in [-0.2, 0) is 12.2 Å². The van der Waals surface area contributed by atoms with Gasteiger partial charge in [0.15, 0.2) is 0 Å². The van der Waals surface area contributed by atoms with Crippen molar-refractivity contribution in [3.63, 3.8) is 0 Å². The molecule has 0 bridgehead atoms. The van der Waals surface area contributed by atoms with E-state index in [0.29, 0.717) is 16.4 Å². The number of thioether (sulfide) groups is 2. The highest BCUT2D eigenvalue weighted by Crippen LogP contribution is 2.28. The van der Waals surface area contributed by atoms with Gasteiger partial charge < -0.3 is 4.42 Å². The molecule has 0 saturated heterocycles. The van der Waals surface area contributed by atoms with Gasteiger partial charge in [-0.3, -0.25) is 0 Å². The normalized spacial score (nSPS) is 12.9. The highest BCUT2D eigenvalue weighted by Gasteiger charge is 2.14. The van der Waals surface area contributed by atoms with Crippen LogP contribution in [0.4, 0.5) is 0 Å². The molecule has 4 nitrogen and oxygen atoms in total. The van der Waals surface area contributed by atoms with Crippen molar-refractivity contribution in [1.29, 1.82) is 0 Å². The second-order valence-corrected chi connectivity index (χ2v) is 7.97. The maximum atomic E-state index is 5.59. The molecule has 110 valence electrons. The zero-order valence-corrected chi connectivity index (χ0v) is 14.2. The SMILES string of the molecule is CSCc1nnc(SC(C)Cc2nc3ccccc3s2)o1. The van der Waals surface area contributed by atoms with E-state index in [9.17, 15) is 0 Å². The van der Waals surface area contributed by atoms with Crippen molar-refractivity contribution in [2.45, 2.75) is 29.6 Å². The molecular weight excluding hydrogens is 322 g/mol. The van der Waals surface area contributed by atoms with E-state index in [1.807, 2.05) is 18.4 Å². The molecule has 0 radical (unpaired) electrons. The van der Waals surface area contributed by atoms with Gasteiger partial charge in [0.25, 0.3) is 5.22 Å². The number of aromatic nitrogens is 3. The van der Waals surface area contributed by atoms with Crippen LogP contribution < -0.4 is 0 Å². The summed E-state index contributed by atoms with van der Waals surface area (Å²) in [4.78, 5) is 4.66. The number of nitrogens with zero attached hydrogens (tertiary/aromatic N) is 3. The van der Waals surface area contributed by atoms with Gasteiger partial charge in [-0.25, -0.2) is 4.98 Å². The molecule has 21 heavy (non-hydrogen) atoms. The average molecular weight is 337 g/mol. The van der Waals surface area contributed by atoms with Crippen LogP contribution in [0.15, 0.2) is 33.9 Å². The van der Waals surface area contributed by atoms with Crippen LogP contribution in [0.3, 0.4) is 0 Å². The number of thiazole rings is 1. The molecule has 0 aliphatic carbocycles.